The number of ether oxygens (including phenoxy) is 1. The first-order valence-corrected chi connectivity index (χ1v) is 13.5. The summed E-state index contributed by atoms with van der Waals surface area (Å²) >= 11 is 0. The molecule has 4 N–H and O–H groups in total. The summed E-state index contributed by atoms with van der Waals surface area (Å²) in [6.07, 6.45) is -1.14. The number of carboxylic acid groups (broad SMARTS) is 2. The van der Waals surface area contributed by atoms with E-state index < -0.39 is 60.2 Å². The third-order valence-corrected chi connectivity index (χ3v) is 6.93. The van der Waals surface area contributed by atoms with Crippen molar-refractivity contribution in [2.75, 3.05) is 6.61 Å². The zero-order chi connectivity index (χ0) is 31.0. The summed E-state index contributed by atoms with van der Waals surface area (Å²) in [6, 6.07) is 18.8. The maximum Gasteiger partial charge on any atom is 0.305 e. The number of oxime groups is 1. The number of carboxylic acids is 2. The highest BCUT2D eigenvalue weighted by Crippen LogP contribution is 2.27. The van der Waals surface area contributed by atoms with Crippen LogP contribution in [0.15, 0.2) is 78.0 Å². The van der Waals surface area contributed by atoms with Gasteiger partial charge in [0.05, 0.1) is 18.2 Å². The Labute approximate surface area is 246 Å². The van der Waals surface area contributed by atoms with Crippen LogP contribution in [-0.2, 0) is 24.0 Å². The summed E-state index contributed by atoms with van der Waals surface area (Å²) in [6.45, 7) is 0.931. The molecule has 0 spiro atoms. The zero-order valence-corrected chi connectivity index (χ0v) is 23.3. The fourth-order valence-electron chi connectivity index (χ4n) is 4.54. The molecule has 0 saturated carbocycles. The highest BCUT2D eigenvalue weighted by atomic mass is 16.7. The quantitative estimate of drug-likeness (QED) is 0.220. The van der Waals surface area contributed by atoms with E-state index in [9.17, 15) is 34.2 Å². The van der Waals surface area contributed by atoms with Gasteiger partial charge in [0.25, 0.3) is 11.8 Å². The zero-order valence-electron chi connectivity index (χ0n) is 23.3. The van der Waals surface area contributed by atoms with Gasteiger partial charge in [-0.3, -0.25) is 24.0 Å². The molecule has 1 unspecified atom stereocenters. The Morgan fingerprint density at radius 3 is 2.33 bits per heavy atom. The molecule has 12 nitrogen and oxygen atoms in total. The van der Waals surface area contributed by atoms with E-state index >= 15 is 0 Å². The van der Waals surface area contributed by atoms with E-state index in [1.807, 2.05) is 24.3 Å². The topological polar surface area (TPSA) is 181 Å². The Bertz CT molecular complexity index is 1560. The third-order valence-electron chi connectivity index (χ3n) is 6.93. The highest BCUT2D eigenvalue weighted by Gasteiger charge is 2.45. The van der Waals surface area contributed by atoms with Gasteiger partial charge in [0.15, 0.2) is 5.78 Å². The van der Waals surface area contributed by atoms with Gasteiger partial charge in [0.2, 0.25) is 5.60 Å². The lowest BCUT2D eigenvalue weighted by Crippen LogP contribution is -2.53. The van der Waals surface area contributed by atoms with Crippen molar-refractivity contribution >= 4 is 46.0 Å². The summed E-state index contributed by atoms with van der Waals surface area (Å²) in [5.74, 6) is -3.92. The average Bonchev–Trinajstić information content (AvgIpc) is 3.40. The predicted molar refractivity (Wildman–Crippen MR) is 155 cm³/mol. The monoisotopic (exact) mass is 589 g/mol. The number of fused-ring (bicyclic) bond motifs is 1. The average molecular weight is 590 g/mol. The molecule has 3 aromatic carbocycles. The SMILES string of the molecule is CC1(C(=O)N[C@@H](CC(=O)O)C(=O)COc2ccccc2)CC([C@H](CCC(=O)O)NC(=O)c2ccc3ccccc3c2)=NO1. The van der Waals surface area contributed by atoms with Gasteiger partial charge in [-0.25, -0.2) is 0 Å². The number of nitrogens with zero attached hydrogens (tertiary/aromatic N) is 1. The lowest BCUT2D eigenvalue weighted by atomic mass is 9.92. The lowest BCUT2D eigenvalue weighted by molar-refractivity contribution is -0.146. The Balaban J connectivity index is 1.43. The number of carbonyl (C=O) groups excluding carboxylic acids is 3. The molecule has 43 heavy (non-hydrogen) atoms. The maximum absolute atomic E-state index is 13.3. The van der Waals surface area contributed by atoms with Gasteiger partial charge in [-0.05, 0) is 48.4 Å². The number of amides is 2. The number of para-hydroxylation sites is 1. The van der Waals surface area contributed by atoms with Crippen LogP contribution in [0.1, 0.15) is 43.0 Å². The molecule has 4 rings (SSSR count). The second-order valence-electron chi connectivity index (χ2n) is 10.3. The first-order chi connectivity index (χ1) is 20.5. The molecule has 0 bridgehead atoms. The van der Waals surface area contributed by atoms with Crippen molar-refractivity contribution in [3.63, 3.8) is 0 Å². The highest BCUT2D eigenvalue weighted by molar-refractivity contribution is 6.04. The molecular weight excluding hydrogens is 558 g/mol. The molecule has 3 aromatic rings. The Morgan fingerprint density at radius 1 is 0.930 bits per heavy atom. The van der Waals surface area contributed by atoms with Gasteiger partial charge in [-0.2, -0.15) is 0 Å². The minimum atomic E-state index is -1.65. The van der Waals surface area contributed by atoms with E-state index in [-0.39, 0.29) is 25.0 Å². The number of hydrogen-bond acceptors (Lipinski definition) is 8. The molecule has 0 radical (unpaired) electrons. The summed E-state index contributed by atoms with van der Waals surface area (Å²) < 4.78 is 5.42. The smallest absolute Gasteiger partial charge is 0.305 e. The molecule has 224 valence electrons. The van der Waals surface area contributed by atoms with Crippen molar-refractivity contribution in [2.45, 2.75) is 50.3 Å². The number of carbonyl (C=O) groups is 5. The van der Waals surface area contributed by atoms with E-state index in [0.29, 0.717) is 11.3 Å². The maximum atomic E-state index is 13.3. The Hall–Kier alpha value is -5.26. The van der Waals surface area contributed by atoms with E-state index in [1.54, 1.807) is 48.5 Å². The van der Waals surface area contributed by atoms with Crippen molar-refractivity contribution in [2.24, 2.45) is 5.16 Å². The molecular formula is C31H31N3O9. The first-order valence-electron chi connectivity index (χ1n) is 13.5. The summed E-state index contributed by atoms with van der Waals surface area (Å²) in [5.41, 5.74) is -1.07. The van der Waals surface area contributed by atoms with Gasteiger partial charge in [0, 0.05) is 18.4 Å². The van der Waals surface area contributed by atoms with Crippen LogP contribution in [0.25, 0.3) is 10.8 Å². The largest absolute Gasteiger partial charge is 0.486 e. The van der Waals surface area contributed by atoms with E-state index in [0.717, 1.165) is 10.8 Å². The lowest BCUT2D eigenvalue weighted by Gasteiger charge is -2.25. The number of Topliss-reactive ketones (excluding diaryl/α,β-unsaturated/α-hetero) is 1. The molecule has 0 saturated heterocycles. The summed E-state index contributed by atoms with van der Waals surface area (Å²) in [7, 11) is 0. The minimum Gasteiger partial charge on any atom is -0.486 e. The van der Waals surface area contributed by atoms with Crippen molar-refractivity contribution in [3.8, 4) is 5.75 Å². The summed E-state index contributed by atoms with van der Waals surface area (Å²) in [4.78, 5) is 67.4. The van der Waals surface area contributed by atoms with Gasteiger partial charge in [-0.15, -0.1) is 0 Å². The van der Waals surface area contributed by atoms with Crippen LogP contribution < -0.4 is 15.4 Å². The van der Waals surface area contributed by atoms with Crippen LogP contribution in [0, 0.1) is 0 Å². The number of aliphatic carboxylic acids is 2. The van der Waals surface area contributed by atoms with Crippen LogP contribution in [0.2, 0.25) is 0 Å². The van der Waals surface area contributed by atoms with Gasteiger partial charge in [0.1, 0.15) is 18.4 Å². The van der Waals surface area contributed by atoms with E-state index in [2.05, 4.69) is 15.8 Å². The number of benzene rings is 3. The molecule has 0 aromatic heterocycles. The second-order valence-corrected chi connectivity index (χ2v) is 10.3. The van der Waals surface area contributed by atoms with E-state index in [4.69, 9.17) is 9.57 Å². The molecule has 12 heteroatoms. The standard InChI is InChI=1S/C31H31N3O9/c1-31(30(41)33-24(16-28(38)39)26(35)18-42-22-9-3-2-4-10-22)17-25(34-43-31)23(13-14-27(36)37)32-29(40)21-12-11-19-7-5-6-8-20(19)15-21/h2-12,15,23-24H,13-14,16-18H2,1H3,(H,32,40)(H,33,41)(H,36,37)(H,38,39)/t23-,24-,31?/m0/s1. The van der Waals surface area contributed by atoms with Crippen LogP contribution in [0.4, 0.5) is 0 Å². The number of rotatable bonds is 14. The van der Waals surface area contributed by atoms with Crippen molar-refractivity contribution in [3.05, 3.63) is 78.4 Å². The van der Waals surface area contributed by atoms with Crippen LogP contribution in [-0.4, -0.2) is 69.8 Å². The molecule has 2 amide bonds. The van der Waals surface area contributed by atoms with Crippen molar-refractivity contribution in [1.82, 2.24) is 10.6 Å². The van der Waals surface area contributed by atoms with Gasteiger partial charge in [-0.1, -0.05) is 53.7 Å². The fraction of sp³-hybridized carbons (Fsp3) is 0.290. The molecule has 1 heterocycles. The molecule has 0 fully saturated rings. The van der Waals surface area contributed by atoms with Crippen molar-refractivity contribution in [1.29, 1.82) is 0 Å². The van der Waals surface area contributed by atoms with Gasteiger partial charge < -0.3 is 30.4 Å². The summed E-state index contributed by atoms with van der Waals surface area (Å²) in [5, 5.41) is 29.6. The van der Waals surface area contributed by atoms with Gasteiger partial charge >= 0.3 is 11.9 Å². The fourth-order valence-corrected chi connectivity index (χ4v) is 4.54. The Kier molecular flexibility index (Phi) is 9.71. The first kappa shape index (κ1) is 30.7. The Morgan fingerprint density at radius 2 is 1.63 bits per heavy atom. The van der Waals surface area contributed by atoms with Crippen LogP contribution in [0.3, 0.4) is 0 Å². The number of nitrogens with one attached hydrogen (secondary N) is 2. The second kappa shape index (κ2) is 13.6. The number of ketones is 1. The molecule has 3 atom stereocenters. The normalized spacial score (nSPS) is 17.2. The third kappa shape index (κ3) is 8.15. The van der Waals surface area contributed by atoms with Crippen LogP contribution >= 0.6 is 0 Å². The number of hydrogen-bond donors (Lipinski definition) is 4. The molecule has 0 aliphatic carbocycles. The minimum absolute atomic E-state index is 0.0223. The van der Waals surface area contributed by atoms with E-state index in [1.165, 1.54) is 6.92 Å². The van der Waals surface area contributed by atoms with Crippen molar-refractivity contribution < 1.29 is 43.8 Å². The predicted octanol–water partition coefficient (Wildman–Crippen LogP) is 2.95. The molecule has 1 aliphatic heterocycles. The van der Waals surface area contributed by atoms with Crippen LogP contribution in [0.5, 0.6) is 5.75 Å². The molecule has 1 aliphatic rings.